The number of carbonyl (C=O) groups excluding carboxylic acids is 1. The predicted molar refractivity (Wildman–Crippen MR) is 112 cm³/mol. The van der Waals surface area contributed by atoms with Crippen LogP contribution in [-0.4, -0.2) is 47.0 Å². The lowest BCUT2D eigenvalue weighted by Gasteiger charge is -2.31. The first-order valence-corrected chi connectivity index (χ1v) is 11.8. The molecule has 3 aromatic rings. The number of piperidine rings is 1. The minimum Gasteiger partial charge on any atom is -0.355 e. The number of carbonyl (C=O) groups is 1. The Morgan fingerprint density at radius 1 is 1.14 bits per heavy atom. The summed E-state index contributed by atoms with van der Waals surface area (Å²) in [5.41, 5.74) is 2.13. The van der Waals surface area contributed by atoms with Crippen LogP contribution in [0.3, 0.4) is 0 Å². The minimum absolute atomic E-state index is 0.0886. The van der Waals surface area contributed by atoms with Crippen LogP contribution in [0.2, 0.25) is 0 Å². The van der Waals surface area contributed by atoms with Crippen molar-refractivity contribution < 1.29 is 13.2 Å². The Morgan fingerprint density at radius 2 is 1.97 bits per heavy atom. The van der Waals surface area contributed by atoms with Crippen molar-refractivity contribution in [2.45, 2.75) is 24.2 Å². The van der Waals surface area contributed by atoms with Crippen molar-refractivity contribution >= 4 is 38.7 Å². The molecule has 29 heavy (non-hydrogen) atoms. The highest BCUT2D eigenvalue weighted by atomic mass is 32.2. The summed E-state index contributed by atoms with van der Waals surface area (Å²) < 4.78 is 36.1. The zero-order valence-electron chi connectivity index (χ0n) is 15.8. The molecule has 1 atom stereocenters. The number of hydrogen-bond acceptors (Lipinski definition) is 6. The molecule has 9 heteroatoms. The Hall–Kier alpha value is -2.36. The molecule has 0 aliphatic carbocycles. The maximum Gasteiger partial charge on any atom is 0.245 e. The Balaban J connectivity index is 1.42. The van der Waals surface area contributed by atoms with Crippen molar-refractivity contribution in [2.75, 3.05) is 19.6 Å². The second-order valence-corrected chi connectivity index (χ2v) is 9.55. The first kappa shape index (κ1) is 19.9. The van der Waals surface area contributed by atoms with Crippen LogP contribution in [0.25, 0.3) is 11.0 Å². The molecule has 0 radical (unpaired) electrons. The number of benzene rings is 2. The molecule has 1 aromatic heterocycles. The van der Waals surface area contributed by atoms with Gasteiger partial charge in [0.05, 0.1) is 17.6 Å². The molecule has 2 aromatic carbocycles. The van der Waals surface area contributed by atoms with E-state index in [1.807, 2.05) is 30.3 Å². The van der Waals surface area contributed by atoms with Gasteiger partial charge in [0.1, 0.15) is 15.9 Å². The largest absolute Gasteiger partial charge is 0.355 e. The third kappa shape index (κ3) is 4.31. The molecule has 1 amide bonds. The van der Waals surface area contributed by atoms with Crippen molar-refractivity contribution in [2.24, 2.45) is 5.92 Å². The van der Waals surface area contributed by atoms with Gasteiger partial charge >= 0.3 is 0 Å². The normalized spacial score (nSPS) is 18.0. The van der Waals surface area contributed by atoms with Crippen LogP contribution < -0.4 is 5.32 Å². The highest BCUT2D eigenvalue weighted by Crippen LogP contribution is 2.28. The molecule has 1 aliphatic rings. The summed E-state index contributed by atoms with van der Waals surface area (Å²) in [5, 5.41) is 2.96. The second kappa shape index (κ2) is 8.56. The summed E-state index contributed by atoms with van der Waals surface area (Å²) in [6.07, 6.45) is 2.09. The van der Waals surface area contributed by atoms with Crippen LogP contribution in [0, 0.1) is 5.92 Å². The SMILES string of the molecule is O=C(NCCc1ccccc1)[C@H]1CCCN(S(=O)(=O)c2cccc3nsnc23)C1. The molecule has 7 nitrogen and oxygen atoms in total. The molecule has 0 spiro atoms. The molecule has 1 aliphatic heterocycles. The van der Waals surface area contributed by atoms with Crippen LogP contribution in [-0.2, 0) is 21.2 Å². The number of fused-ring (bicyclic) bond motifs is 1. The van der Waals surface area contributed by atoms with E-state index in [0.717, 1.165) is 23.7 Å². The lowest BCUT2D eigenvalue weighted by atomic mass is 9.99. The summed E-state index contributed by atoms with van der Waals surface area (Å²) >= 11 is 0.995. The summed E-state index contributed by atoms with van der Waals surface area (Å²) in [7, 11) is -3.73. The van der Waals surface area contributed by atoms with Gasteiger partial charge < -0.3 is 5.32 Å². The smallest absolute Gasteiger partial charge is 0.245 e. The van der Waals surface area contributed by atoms with Gasteiger partial charge in [-0.25, -0.2) is 8.42 Å². The molecule has 4 rings (SSSR count). The third-order valence-electron chi connectivity index (χ3n) is 5.18. The first-order valence-electron chi connectivity index (χ1n) is 9.59. The van der Waals surface area contributed by atoms with Gasteiger partial charge in [0.25, 0.3) is 0 Å². The van der Waals surface area contributed by atoms with E-state index >= 15 is 0 Å². The molecule has 0 bridgehead atoms. The Labute approximate surface area is 174 Å². The molecule has 0 saturated carbocycles. The number of amides is 1. The number of nitrogens with zero attached hydrogens (tertiary/aromatic N) is 3. The van der Waals surface area contributed by atoms with Gasteiger partial charge in [0.15, 0.2) is 0 Å². The fourth-order valence-electron chi connectivity index (χ4n) is 3.62. The van der Waals surface area contributed by atoms with Crippen molar-refractivity contribution in [3.8, 4) is 0 Å². The van der Waals surface area contributed by atoms with Crippen LogP contribution >= 0.6 is 11.7 Å². The summed E-state index contributed by atoms with van der Waals surface area (Å²) in [6, 6.07) is 14.9. The maximum atomic E-state index is 13.2. The van der Waals surface area contributed by atoms with Gasteiger partial charge in [0, 0.05) is 19.6 Å². The van der Waals surface area contributed by atoms with Crippen molar-refractivity contribution in [3.63, 3.8) is 0 Å². The summed E-state index contributed by atoms with van der Waals surface area (Å²) in [6.45, 7) is 1.13. The standard InChI is InChI=1S/C20H22N4O3S2/c25-20(21-12-11-15-6-2-1-3-7-15)16-8-5-13-24(14-16)29(26,27)18-10-4-9-17-19(18)23-28-22-17/h1-4,6-7,9-10,16H,5,8,11-14H2,(H,21,25)/t16-/m0/s1. The van der Waals surface area contributed by atoms with Gasteiger partial charge in [-0.15, -0.1) is 0 Å². The van der Waals surface area contributed by atoms with Crippen LogP contribution in [0.15, 0.2) is 53.4 Å². The zero-order chi connectivity index (χ0) is 20.3. The number of sulfonamides is 1. The van der Waals surface area contributed by atoms with E-state index in [4.69, 9.17) is 0 Å². The lowest BCUT2D eigenvalue weighted by Crippen LogP contribution is -2.45. The number of nitrogens with one attached hydrogen (secondary N) is 1. The number of hydrogen-bond donors (Lipinski definition) is 1. The van der Waals surface area contributed by atoms with Crippen molar-refractivity contribution in [3.05, 3.63) is 54.1 Å². The summed E-state index contributed by atoms with van der Waals surface area (Å²) in [5.74, 6) is -0.434. The molecular formula is C20H22N4O3S2. The van der Waals surface area contributed by atoms with E-state index in [9.17, 15) is 13.2 Å². The molecule has 1 N–H and O–H groups in total. The zero-order valence-corrected chi connectivity index (χ0v) is 17.5. The molecule has 152 valence electrons. The fourth-order valence-corrected chi connectivity index (χ4v) is 5.90. The Kier molecular flexibility index (Phi) is 5.89. The van der Waals surface area contributed by atoms with Crippen LogP contribution in [0.1, 0.15) is 18.4 Å². The van der Waals surface area contributed by atoms with Crippen LogP contribution in [0.4, 0.5) is 0 Å². The highest BCUT2D eigenvalue weighted by molar-refractivity contribution is 7.89. The quantitative estimate of drug-likeness (QED) is 0.649. The van der Waals surface area contributed by atoms with Crippen molar-refractivity contribution in [1.82, 2.24) is 18.4 Å². The summed E-state index contributed by atoms with van der Waals surface area (Å²) in [4.78, 5) is 12.8. The minimum atomic E-state index is -3.73. The second-order valence-electron chi connectivity index (χ2n) is 7.12. The molecular weight excluding hydrogens is 408 g/mol. The van der Waals surface area contributed by atoms with Crippen molar-refractivity contribution in [1.29, 1.82) is 0 Å². The van der Waals surface area contributed by atoms with E-state index in [1.165, 1.54) is 4.31 Å². The fraction of sp³-hybridized carbons (Fsp3) is 0.350. The van der Waals surface area contributed by atoms with Gasteiger partial charge in [-0.1, -0.05) is 36.4 Å². The molecule has 2 heterocycles. The van der Waals surface area contributed by atoms with E-state index in [-0.39, 0.29) is 23.3 Å². The van der Waals surface area contributed by atoms with Gasteiger partial charge in [-0.2, -0.15) is 13.1 Å². The molecule has 1 fully saturated rings. The van der Waals surface area contributed by atoms with Crippen LogP contribution in [0.5, 0.6) is 0 Å². The molecule has 1 saturated heterocycles. The Morgan fingerprint density at radius 3 is 2.79 bits per heavy atom. The molecule has 0 unspecified atom stereocenters. The van der Waals surface area contributed by atoms with E-state index in [0.29, 0.717) is 37.0 Å². The average Bonchev–Trinajstić information content (AvgIpc) is 3.23. The lowest BCUT2D eigenvalue weighted by molar-refractivity contribution is -0.126. The monoisotopic (exact) mass is 430 g/mol. The third-order valence-corrected chi connectivity index (χ3v) is 7.62. The van der Waals surface area contributed by atoms with E-state index < -0.39 is 10.0 Å². The topological polar surface area (TPSA) is 92.3 Å². The maximum absolute atomic E-state index is 13.2. The predicted octanol–water partition coefficient (Wildman–Crippen LogP) is 2.45. The van der Waals surface area contributed by atoms with E-state index in [1.54, 1.807) is 18.2 Å². The average molecular weight is 431 g/mol. The van der Waals surface area contributed by atoms with Gasteiger partial charge in [-0.3, -0.25) is 4.79 Å². The highest BCUT2D eigenvalue weighted by Gasteiger charge is 2.34. The number of aromatic nitrogens is 2. The van der Waals surface area contributed by atoms with E-state index in [2.05, 4.69) is 14.1 Å². The van der Waals surface area contributed by atoms with Gasteiger partial charge in [0.2, 0.25) is 15.9 Å². The number of rotatable bonds is 6. The Bertz CT molecular complexity index is 1100. The van der Waals surface area contributed by atoms with Gasteiger partial charge in [-0.05, 0) is 37.0 Å². The first-order chi connectivity index (χ1) is 14.1.